The molecule has 4 aromatic rings. The molecule has 0 amide bonds. The second-order valence-corrected chi connectivity index (χ2v) is 10.8. The van der Waals surface area contributed by atoms with Crippen LogP contribution in [0.2, 0.25) is 5.02 Å². The molecule has 1 saturated carbocycles. The number of aliphatic hydroxyl groups is 1. The third kappa shape index (κ3) is 4.75. The molecule has 3 heterocycles. The molecule has 0 radical (unpaired) electrons. The highest BCUT2D eigenvalue weighted by molar-refractivity contribution is 6.30. The van der Waals surface area contributed by atoms with Crippen molar-refractivity contribution in [1.82, 2.24) is 19.9 Å². The number of pyridine rings is 1. The third-order valence-corrected chi connectivity index (χ3v) is 8.25. The number of hydrogen-bond donors (Lipinski definition) is 3. The minimum Gasteiger partial charge on any atom is -0.385 e. The Kier molecular flexibility index (Phi) is 6.55. The van der Waals surface area contributed by atoms with Crippen LogP contribution < -0.4 is 15.5 Å². The number of rotatable bonds is 7. The summed E-state index contributed by atoms with van der Waals surface area (Å²) in [5.41, 5.74) is 3.33. The highest BCUT2D eigenvalue weighted by Crippen LogP contribution is 2.36. The van der Waals surface area contributed by atoms with Gasteiger partial charge >= 0.3 is 0 Å². The zero-order valence-corrected chi connectivity index (χ0v) is 22.0. The highest BCUT2D eigenvalue weighted by atomic mass is 35.5. The molecule has 196 valence electrons. The SMILES string of the molecule is CNC1CC(C(=O)c2ccc(Nc3nc4c(N5CCC(O)(c6ccc(Cl)cc6)CC5)cccn4n3)cc2)C1. The molecule has 0 spiro atoms. The van der Waals surface area contributed by atoms with Gasteiger partial charge in [-0.15, -0.1) is 5.10 Å². The number of nitrogens with one attached hydrogen (secondary N) is 2. The first-order valence-electron chi connectivity index (χ1n) is 13.1. The number of nitrogens with zero attached hydrogens (tertiary/aromatic N) is 4. The summed E-state index contributed by atoms with van der Waals surface area (Å²) in [7, 11) is 1.94. The maximum absolute atomic E-state index is 12.7. The van der Waals surface area contributed by atoms with E-state index in [-0.39, 0.29) is 11.7 Å². The molecule has 2 aliphatic rings. The van der Waals surface area contributed by atoms with E-state index >= 15 is 0 Å². The number of carbonyl (C=O) groups excluding carboxylic acids is 1. The van der Waals surface area contributed by atoms with Crippen molar-refractivity contribution in [2.45, 2.75) is 37.3 Å². The van der Waals surface area contributed by atoms with Gasteiger partial charge in [0.05, 0.1) is 11.3 Å². The van der Waals surface area contributed by atoms with Crippen LogP contribution in [0.3, 0.4) is 0 Å². The second kappa shape index (κ2) is 10.0. The number of benzene rings is 2. The second-order valence-electron chi connectivity index (χ2n) is 10.3. The van der Waals surface area contributed by atoms with Gasteiger partial charge in [-0.05, 0) is 86.8 Å². The smallest absolute Gasteiger partial charge is 0.247 e. The molecule has 3 N–H and O–H groups in total. The molecule has 2 aromatic carbocycles. The Morgan fingerprint density at radius 1 is 1.05 bits per heavy atom. The molecule has 8 nitrogen and oxygen atoms in total. The fourth-order valence-electron chi connectivity index (χ4n) is 5.51. The zero-order valence-electron chi connectivity index (χ0n) is 21.3. The lowest BCUT2D eigenvalue weighted by Crippen LogP contribution is -2.42. The van der Waals surface area contributed by atoms with Crippen LogP contribution in [-0.2, 0) is 5.60 Å². The first-order chi connectivity index (χ1) is 18.4. The lowest BCUT2D eigenvalue weighted by Gasteiger charge is -2.39. The molecular formula is C29H31ClN6O2. The van der Waals surface area contributed by atoms with Crippen molar-refractivity contribution in [2.24, 2.45) is 5.92 Å². The maximum Gasteiger partial charge on any atom is 0.247 e. The summed E-state index contributed by atoms with van der Waals surface area (Å²) in [6.45, 7) is 1.39. The van der Waals surface area contributed by atoms with Crippen molar-refractivity contribution in [3.63, 3.8) is 0 Å². The molecule has 1 aliphatic carbocycles. The van der Waals surface area contributed by atoms with Crippen LogP contribution >= 0.6 is 11.6 Å². The van der Waals surface area contributed by atoms with Gasteiger partial charge < -0.3 is 20.6 Å². The molecular weight excluding hydrogens is 500 g/mol. The molecule has 2 aromatic heterocycles. The topological polar surface area (TPSA) is 94.8 Å². The summed E-state index contributed by atoms with van der Waals surface area (Å²) in [6, 6.07) is 19.5. The number of hydrogen-bond acceptors (Lipinski definition) is 7. The van der Waals surface area contributed by atoms with E-state index in [4.69, 9.17) is 16.6 Å². The van der Waals surface area contributed by atoms with Gasteiger partial charge in [0.1, 0.15) is 0 Å². The number of anilines is 3. The first kappa shape index (κ1) is 24.9. The predicted molar refractivity (Wildman–Crippen MR) is 149 cm³/mol. The van der Waals surface area contributed by atoms with E-state index in [1.807, 2.05) is 73.9 Å². The van der Waals surface area contributed by atoms with Gasteiger partial charge in [0.25, 0.3) is 0 Å². The van der Waals surface area contributed by atoms with E-state index < -0.39 is 5.60 Å². The number of piperidine rings is 1. The highest BCUT2D eigenvalue weighted by Gasteiger charge is 2.35. The fourth-order valence-corrected chi connectivity index (χ4v) is 5.63. The third-order valence-electron chi connectivity index (χ3n) is 8.00. The predicted octanol–water partition coefficient (Wildman–Crippen LogP) is 4.80. The normalized spacial score (nSPS) is 20.8. The van der Waals surface area contributed by atoms with Crippen molar-refractivity contribution < 1.29 is 9.90 Å². The summed E-state index contributed by atoms with van der Waals surface area (Å²) in [4.78, 5) is 19.7. The van der Waals surface area contributed by atoms with Crippen LogP contribution in [0.15, 0.2) is 66.9 Å². The number of halogens is 1. The van der Waals surface area contributed by atoms with Gasteiger partial charge in [0.15, 0.2) is 11.4 Å². The molecule has 2 fully saturated rings. The Bertz CT molecular complexity index is 1440. The Balaban J connectivity index is 1.14. The van der Waals surface area contributed by atoms with E-state index in [1.54, 1.807) is 4.52 Å². The Morgan fingerprint density at radius 2 is 1.76 bits per heavy atom. The van der Waals surface area contributed by atoms with Crippen LogP contribution in [0.25, 0.3) is 5.65 Å². The summed E-state index contributed by atoms with van der Waals surface area (Å²) in [5, 5.41) is 23.0. The minimum absolute atomic E-state index is 0.113. The molecule has 9 heteroatoms. The van der Waals surface area contributed by atoms with E-state index in [0.717, 1.165) is 41.0 Å². The summed E-state index contributed by atoms with van der Waals surface area (Å²) in [5.74, 6) is 0.812. The van der Waals surface area contributed by atoms with Crippen LogP contribution in [0, 0.1) is 5.92 Å². The van der Waals surface area contributed by atoms with Crippen molar-refractivity contribution in [3.05, 3.63) is 83.0 Å². The minimum atomic E-state index is -0.868. The van der Waals surface area contributed by atoms with Crippen molar-refractivity contribution in [1.29, 1.82) is 0 Å². The van der Waals surface area contributed by atoms with Crippen molar-refractivity contribution in [2.75, 3.05) is 30.4 Å². The molecule has 1 aliphatic heterocycles. The Morgan fingerprint density at radius 3 is 2.45 bits per heavy atom. The van der Waals surface area contributed by atoms with Crippen LogP contribution in [0.4, 0.5) is 17.3 Å². The van der Waals surface area contributed by atoms with E-state index in [2.05, 4.69) is 20.6 Å². The van der Waals surface area contributed by atoms with Gasteiger partial charge in [-0.2, -0.15) is 4.98 Å². The standard InChI is InChI=1S/C29H31ClN6O2/c1-31-24-17-20(18-24)26(37)19-4-10-23(11-5-19)32-28-33-27-25(3-2-14-36(27)34-28)35-15-12-29(38,13-16-35)21-6-8-22(30)9-7-21/h2-11,14,20,24,31,38H,12-13,15-18H2,1H3,(H,32,34). The van der Waals surface area contributed by atoms with Crippen molar-refractivity contribution >= 4 is 40.4 Å². The molecule has 1 saturated heterocycles. The molecule has 38 heavy (non-hydrogen) atoms. The summed E-state index contributed by atoms with van der Waals surface area (Å²) < 4.78 is 1.77. The van der Waals surface area contributed by atoms with E-state index in [9.17, 15) is 9.90 Å². The molecule has 6 rings (SSSR count). The Hall–Kier alpha value is -3.46. The lowest BCUT2D eigenvalue weighted by molar-refractivity contribution is 0.0118. The number of ketones is 1. The van der Waals surface area contributed by atoms with Gasteiger partial charge in [0, 0.05) is 47.5 Å². The van der Waals surface area contributed by atoms with E-state index in [0.29, 0.717) is 42.9 Å². The number of aromatic nitrogens is 3. The fraction of sp³-hybridized carbons (Fsp3) is 0.345. The monoisotopic (exact) mass is 530 g/mol. The van der Waals surface area contributed by atoms with Gasteiger partial charge in [-0.1, -0.05) is 23.7 Å². The number of Topliss-reactive ketones (excluding diaryl/α,β-unsaturated/α-hetero) is 1. The largest absolute Gasteiger partial charge is 0.385 e. The zero-order chi connectivity index (χ0) is 26.3. The van der Waals surface area contributed by atoms with Crippen molar-refractivity contribution in [3.8, 4) is 0 Å². The number of fused-ring (bicyclic) bond motifs is 1. The van der Waals surface area contributed by atoms with Crippen LogP contribution in [0.5, 0.6) is 0 Å². The Labute approximate surface area is 226 Å². The molecule has 0 atom stereocenters. The first-order valence-corrected chi connectivity index (χ1v) is 13.5. The average molecular weight is 531 g/mol. The quantitative estimate of drug-likeness (QED) is 0.296. The summed E-state index contributed by atoms with van der Waals surface area (Å²) in [6.07, 6.45) is 4.90. The molecule has 0 bridgehead atoms. The van der Waals surface area contributed by atoms with Crippen LogP contribution in [0.1, 0.15) is 41.6 Å². The molecule has 0 unspecified atom stereocenters. The van der Waals surface area contributed by atoms with Gasteiger partial charge in [-0.3, -0.25) is 4.79 Å². The average Bonchev–Trinajstić information content (AvgIpc) is 3.32. The maximum atomic E-state index is 12.7. The van der Waals surface area contributed by atoms with Crippen LogP contribution in [-0.4, -0.2) is 51.7 Å². The lowest BCUT2D eigenvalue weighted by atomic mass is 9.76. The number of carbonyl (C=O) groups is 1. The summed E-state index contributed by atoms with van der Waals surface area (Å²) >= 11 is 6.03. The van der Waals surface area contributed by atoms with Gasteiger partial charge in [0.2, 0.25) is 5.95 Å². The van der Waals surface area contributed by atoms with E-state index in [1.165, 1.54) is 0 Å². The van der Waals surface area contributed by atoms with Gasteiger partial charge in [-0.25, -0.2) is 4.52 Å².